The number of ether oxygens (including phenoxy) is 2. The Balaban J connectivity index is 0.000000350. The number of anilines is 1. The van der Waals surface area contributed by atoms with Gasteiger partial charge in [0.2, 0.25) is 0 Å². The first-order valence-electron chi connectivity index (χ1n) is 10.9. The number of methoxy groups -OCH3 is 1. The molecule has 9 heteroatoms. The molecule has 1 unspecified atom stereocenters. The average molecular weight is 469 g/mol. The third kappa shape index (κ3) is 5.51. The van der Waals surface area contributed by atoms with Crippen molar-refractivity contribution in [1.82, 2.24) is 4.90 Å². The van der Waals surface area contributed by atoms with Crippen molar-refractivity contribution in [2.75, 3.05) is 51.4 Å². The quantitative estimate of drug-likeness (QED) is 0.593. The number of carbonyl (C=O) groups excluding carboxylic acids is 1. The number of carboxylic acids is 2. The Morgan fingerprint density at radius 3 is 2.15 bits per heavy atom. The lowest BCUT2D eigenvalue weighted by atomic mass is 9.87. The predicted octanol–water partition coefficient (Wildman–Crippen LogP) is 1.97. The Kier molecular flexibility index (Phi) is 8.53. The molecule has 2 aromatic carbocycles. The number of hydrogen-bond acceptors (Lipinski definition) is 6. The van der Waals surface area contributed by atoms with E-state index in [0.717, 1.165) is 49.7 Å². The highest BCUT2D eigenvalue weighted by Crippen LogP contribution is 2.46. The molecule has 2 N–H and O–H groups in total. The van der Waals surface area contributed by atoms with Crippen LogP contribution < -0.4 is 4.90 Å². The first-order chi connectivity index (χ1) is 16.4. The first kappa shape index (κ1) is 25.1. The van der Waals surface area contributed by atoms with E-state index in [1.165, 1.54) is 0 Å². The average Bonchev–Trinajstić information content (AvgIpc) is 3.11. The molecule has 1 amide bonds. The lowest BCUT2D eigenvalue weighted by Crippen LogP contribution is -2.46. The highest BCUT2D eigenvalue weighted by atomic mass is 16.5. The maximum absolute atomic E-state index is 13.5. The normalized spacial score (nSPS) is 20.0. The van der Waals surface area contributed by atoms with Crippen LogP contribution in [0.25, 0.3) is 0 Å². The van der Waals surface area contributed by atoms with Gasteiger partial charge in [-0.15, -0.1) is 0 Å². The second-order valence-electron chi connectivity index (χ2n) is 7.69. The van der Waals surface area contributed by atoms with E-state index in [1.54, 1.807) is 7.11 Å². The number of morpholine rings is 1. The summed E-state index contributed by atoms with van der Waals surface area (Å²) < 4.78 is 11.3. The monoisotopic (exact) mass is 468 g/mol. The number of rotatable bonds is 7. The van der Waals surface area contributed by atoms with E-state index in [2.05, 4.69) is 4.90 Å². The lowest BCUT2D eigenvalue weighted by molar-refractivity contribution is -0.135. The Labute approximate surface area is 197 Å². The van der Waals surface area contributed by atoms with Gasteiger partial charge in [0, 0.05) is 51.0 Å². The van der Waals surface area contributed by atoms with E-state index in [1.807, 2.05) is 59.5 Å². The summed E-state index contributed by atoms with van der Waals surface area (Å²) in [5.41, 5.74) is 1.66. The zero-order chi connectivity index (χ0) is 24.6. The van der Waals surface area contributed by atoms with Crippen LogP contribution in [-0.4, -0.2) is 79.5 Å². The van der Waals surface area contributed by atoms with Gasteiger partial charge in [0.05, 0.1) is 18.9 Å². The van der Waals surface area contributed by atoms with Crippen molar-refractivity contribution in [3.63, 3.8) is 0 Å². The van der Waals surface area contributed by atoms with Gasteiger partial charge < -0.3 is 24.6 Å². The van der Waals surface area contributed by atoms with Crippen LogP contribution in [0, 0.1) is 0 Å². The maximum Gasteiger partial charge on any atom is 0.328 e. The lowest BCUT2D eigenvalue weighted by Gasteiger charge is -2.30. The molecule has 1 fully saturated rings. The van der Waals surface area contributed by atoms with E-state index in [9.17, 15) is 14.4 Å². The third-order valence-corrected chi connectivity index (χ3v) is 5.72. The summed E-state index contributed by atoms with van der Waals surface area (Å²) in [5, 5.41) is 15.6. The van der Waals surface area contributed by atoms with Crippen LogP contribution in [0.2, 0.25) is 0 Å². The summed E-state index contributed by atoms with van der Waals surface area (Å²) in [7, 11) is 1.62. The highest BCUT2D eigenvalue weighted by Gasteiger charge is 2.52. The highest BCUT2D eigenvalue weighted by molar-refractivity contribution is 6.09. The molecule has 1 atom stereocenters. The molecule has 1 saturated heterocycles. The van der Waals surface area contributed by atoms with E-state index in [0.29, 0.717) is 18.7 Å². The zero-order valence-corrected chi connectivity index (χ0v) is 18.9. The summed E-state index contributed by atoms with van der Waals surface area (Å²) in [6.07, 6.45) is 1.12. The molecular weight excluding hydrogens is 440 g/mol. The van der Waals surface area contributed by atoms with E-state index in [-0.39, 0.29) is 5.91 Å². The van der Waals surface area contributed by atoms with Crippen molar-refractivity contribution >= 4 is 23.5 Å². The molecule has 0 radical (unpaired) electrons. The van der Waals surface area contributed by atoms with E-state index >= 15 is 0 Å². The number of nitrogens with zero attached hydrogens (tertiary/aromatic N) is 2. The molecule has 9 nitrogen and oxygen atoms in total. The summed E-state index contributed by atoms with van der Waals surface area (Å²) in [5.74, 6) is -2.53. The second kappa shape index (κ2) is 11.6. The van der Waals surface area contributed by atoms with Crippen molar-refractivity contribution in [2.24, 2.45) is 0 Å². The molecule has 4 rings (SSSR count). The largest absolute Gasteiger partial charge is 0.478 e. The molecule has 0 spiro atoms. The molecule has 2 aliphatic rings. The Morgan fingerprint density at radius 2 is 1.56 bits per heavy atom. The summed E-state index contributed by atoms with van der Waals surface area (Å²) in [6, 6.07) is 17.7. The number of para-hydroxylation sites is 1. The van der Waals surface area contributed by atoms with Crippen molar-refractivity contribution in [2.45, 2.75) is 5.60 Å². The van der Waals surface area contributed by atoms with Gasteiger partial charge in [0.25, 0.3) is 5.91 Å². The van der Waals surface area contributed by atoms with E-state index < -0.39 is 17.5 Å². The minimum Gasteiger partial charge on any atom is -0.478 e. The topological polar surface area (TPSA) is 117 Å². The number of carboxylic acid groups (broad SMARTS) is 2. The predicted molar refractivity (Wildman–Crippen MR) is 125 cm³/mol. The Bertz CT molecular complexity index is 1020. The summed E-state index contributed by atoms with van der Waals surface area (Å²) in [6.45, 7) is 4.83. The molecule has 34 heavy (non-hydrogen) atoms. The van der Waals surface area contributed by atoms with Crippen molar-refractivity contribution in [1.29, 1.82) is 0 Å². The molecule has 0 aromatic heterocycles. The van der Waals surface area contributed by atoms with Crippen molar-refractivity contribution < 1.29 is 34.1 Å². The number of fused-ring (bicyclic) bond motifs is 1. The molecule has 2 aromatic rings. The van der Waals surface area contributed by atoms with Gasteiger partial charge in [-0.2, -0.15) is 0 Å². The van der Waals surface area contributed by atoms with Crippen LogP contribution in [0.1, 0.15) is 11.1 Å². The minimum absolute atomic E-state index is 0.0133. The molecule has 2 aliphatic heterocycles. The van der Waals surface area contributed by atoms with Crippen LogP contribution in [-0.2, 0) is 29.5 Å². The molecule has 0 saturated carbocycles. The zero-order valence-electron chi connectivity index (χ0n) is 18.9. The minimum atomic E-state index is -1.26. The van der Waals surface area contributed by atoms with Gasteiger partial charge in [-0.05, 0) is 11.6 Å². The van der Waals surface area contributed by atoms with Gasteiger partial charge in [-0.25, -0.2) is 9.59 Å². The van der Waals surface area contributed by atoms with Crippen LogP contribution in [0.5, 0.6) is 0 Å². The van der Waals surface area contributed by atoms with Gasteiger partial charge in [0.1, 0.15) is 0 Å². The number of amides is 1. The van der Waals surface area contributed by atoms with Crippen molar-refractivity contribution in [3.8, 4) is 0 Å². The Morgan fingerprint density at radius 1 is 0.971 bits per heavy atom. The SMILES string of the molecule is COC1(c2ccccc2)C(=O)N(CCN2CCOCC2)c2ccccc21.O=C(O)/C=C/C(=O)O. The Hall–Kier alpha value is -3.53. The molecule has 0 aliphatic carbocycles. The maximum atomic E-state index is 13.5. The van der Waals surface area contributed by atoms with Crippen LogP contribution in [0.3, 0.4) is 0 Å². The van der Waals surface area contributed by atoms with Crippen LogP contribution in [0.4, 0.5) is 5.69 Å². The summed E-state index contributed by atoms with van der Waals surface area (Å²) in [4.78, 5) is 36.9. The molecule has 180 valence electrons. The van der Waals surface area contributed by atoms with Crippen LogP contribution in [0.15, 0.2) is 66.7 Å². The first-order valence-corrected chi connectivity index (χ1v) is 10.9. The number of aliphatic carboxylic acids is 2. The molecular formula is C25H28N2O7. The smallest absolute Gasteiger partial charge is 0.328 e. The van der Waals surface area contributed by atoms with Crippen molar-refractivity contribution in [3.05, 3.63) is 77.9 Å². The number of carbonyl (C=O) groups is 3. The third-order valence-electron chi connectivity index (χ3n) is 5.72. The van der Waals surface area contributed by atoms with Gasteiger partial charge in [-0.3, -0.25) is 9.69 Å². The summed E-state index contributed by atoms with van der Waals surface area (Å²) >= 11 is 0. The van der Waals surface area contributed by atoms with Gasteiger partial charge in [0.15, 0.2) is 5.60 Å². The van der Waals surface area contributed by atoms with Gasteiger partial charge in [-0.1, -0.05) is 48.5 Å². The molecule has 0 bridgehead atoms. The fourth-order valence-corrected chi connectivity index (χ4v) is 4.12. The van der Waals surface area contributed by atoms with E-state index in [4.69, 9.17) is 19.7 Å². The fourth-order valence-electron chi connectivity index (χ4n) is 4.12. The standard InChI is InChI=1S/C21H24N2O3.C4H4O4/c1-25-21(17-7-3-2-4-8-17)18-9-5-6-10-19(18)23(20(21)24)12-11-22-13-15-26-16-14-22;5-3(6)1-2-4(7)8/h2-10H,11-16H2,1H3;1-2H,(H,5,6)(H,7,8)/b;2-1+. The molecule has 2 heterocycles. The fraction of sp³-hybridized carbons (Fsp3) is 0.320. The number of benzene rings is 2. The number of hydrogen-bond donors (Lipinski definition) is 2. The second-order valence-corrected chi connectivity index (χ2v) is 7.69. The van der Waals surface area contributed by atoms with Gasteiger partial charge >= 0.3 is 11.9 Å². The van der Waals surface area contributed by atoms with Crippen LogP contribution >= 0.6 is 0 Å².